The highest BCUT2D eigenvalue weighted by Crippen LogP contribution is 2.17. The van der Waals surface area contributed by atoms with E-state index in [1.807, 2.05) is 0 Å². The van der Waals surface area contributed by atoms with Gasteiger partial charge in [0.25, 0.3) is 10.1 Å². The maximum absolute atomic E-state index is 10.8. The largest absolute Gasteiger partial charge is 0.396 e. The zero-order chi connectivity index (χ0) is 14.2. The maximum Gasteiger partial charge on any atom is 0.294 e. The molecule has 0 aromatic heterocycles. The molecule has 0 saturated heterocycles. The van der Waals surface area contributed by atoms with Crippen LogP contribution in [0, 0.1) is 13.8 Å². The van der Waals surface area contributed by atoms with Crippen molar-refractivity contribution in [1.82, 2.24) is 0 Å². The highest BCUT2D eigenvalue weighted by Gasteiger charge is 2.12. The monoisotopic (exact) mass is 276 g/mol. The smallest absolute Gasteiger partial charge is 0.294 e. The number of rotatable bonds is 4. The minimum Gasteiger partial charge on any atom is -0.396 e. The first kappa shape index (κ1) is 17.1. The molecule has 0 aliphatic carbocycles. The minimum absolute atomic E-state index is 0.0116. The van der Waals surface area contributed by atoms with Crippen LogP contribution in [0.4, 0.5) is 0 Å². The molecule has 0 amide bonds. The van der Waals surface area contributed by atoms with Crippen LogP contribution >= 0.6 is 0 Å². The summed E-state index contributed by atoms with van der Waals surface area (Å²) in [6.07, 6.45) is 1.44. The highest BCUT2D eigenvalue weighted by molar-refractivity contribution is 7.85. The molecule has 6 heteroatoms. The topological polar surface area (TPSA) is 94.8 Å². The van der Waals surface area contributed by atoms with E-state index in [1.165, 1.54) is 6.07 Å². The van der Waals surface area contributed by atoms with Crippen LogP contribution in [0.1, 0.15) is 24.0 Å². The van der Waals surface area contributed by atoms with E-state index in [2.05, 4.69) is 0 Å². The zero-order valence-corrected chi connectivity index (χ0v) is 11.4. The molecule has 0 unspecified atom stereocenters. The summed E-state index contributed by atoms with van der Waals surface area (Å²) in [5.41, 5.74) is 1.45. The standard InChI is InChI=1S/C8H10O3S.C4H10O2/c1-6-4-3-5-8(7(6)2)12(9,10)11;5-3-1-2-4-6/h3-5H,1-2H3,(H,9,10,11);5-6H,1-4H2. The van der Waals surface area contributed by atoms with Crippen molar-refractivity contribution in [3.8, 4) is 0 Å². The van der Waals surface area contributed by atoms with Gasteiger partial charge in [0.2, 0.25) is 0 Å². The van der Waals surface area contributed by atoms with Crippen LogP contribution in [0.5, 0.6) is 0 Å². The quantitative estimate of drug-likeness (QED) is 0.569. The van der Waals surface area contributed by atoms with Gasteiger partial charge in [0, 0.05) is 13.2 Å². The molecule has 0 spiro atoms. The number of aryl methyl sites for hydroxylation is 1. The SMILES string of the molecule is Cc1cccc(S(=O)(=O)O)c1C.OCCCCO. The van der Waals surface area contributed by atoms with Crippen molar-refractivity contribution in [3.05, 3.63) is 29.3 Å². The second kappa shape index (κ2) is 8.20. The molecule has 1 aromatic rings. The Balaban J connectivity index is 0.000000411. The van der Waals surface area contributed by atoms with Crippen molar-refractivity contribution in [2.24, 2.45) is 0 Å². The van der Waals surface area contributed by atoms with Crippen LogP contribution in [0.15, 0.2) is 23.1 Å². The van der Waals surface area contributed by atoms with Gasteiger partial charge in [0.15, 0.2) is 0 Å². The predicted octanol–water partition coefficient (Wildman–Crippen LogP) is 1.30. The molecular formula is C12H20O5S. The Kier molecular flexibility index (Phi) is 7.77. The number of benzene rings is 1. The summed E-state index contributed by atoms with van der Waals surface area (Å²) < 4.78 is 30.3. The van der Waals surface area contributed by atoms with Gasteiger partial charge in [-0.3, -0.25) is 4.55 Å². The predicted molar refractivity (Wildman–Crippen MR) is 69.1 cm³/mol. The molecule has 0 radical (unpaired) electrons. The molecule has 5 nitrogen and oxygen atoms in total. The lowest BCUT2D eigenvalue weighted by atomic mass is 10.1. The van der Waals surface area contributed by atoms with E-state index < -0.39 is 10.1 Å². The summed E-state index contributed by atoms with van der Waals surface area (Å²) in [7, 11) is -4.06. The molecule has 0 heterocycles. The normalized spacial score (nSPS) is 10.7. The molecule has 0 aliphatic heterocycles. The fraction of sp³-hybridized carbons (Fsp3) is 0.500. The summed E-state index contributed by atoms with van der Waals surface area (Å²) in [6.45, 7) is 3.85. The number of aliphatic hydroxyl groups excluding tert-OH is 2. The number of hydrogen-bond donors (Lipinski definition) is 3. The number of hydrogen-bond acceptors (Lipinski definition) is 4. The van der Waals surface area contributed by atoms with E-state index in [0.717, 1.165) is 18.4 Å². The average molecular weight is 276 g/mol. The van der Waals surface area contributed by atoms with E-state index in [0.29, 0.717) is 5.56 Å². The van der Waals surface area contributed by atoms with E-state index in [-0.39, 0.29) is 18.1 Å². The lowest BCUT2D eigenvalue weighted by molar-refractivity contribution is 0.242. The van der Waals surface area contributed by atoms with Gasteiger partial charge in [0.1, 0.15) is 0 Å². The van der Waals surface area contributed by atoms with Crippen LogP contribution in [-0.4, -0.2) is 36.4 Å². The van der Waals surface area contributed by atoms with Crippen LogP contribution in [-0.2, 0) is 10.1 Å². The molecule has 1 rings (SSSR count). The van der Waals surface area contributed by atoms with Gasteiger partial charge in [-0.2, -0.15) is 8.42 Å². The Labute approximate surface area is 108 Å². The first-order chi connectivity index (χ1) is 8.34. The highest BCUT2D eigenvalue weighted by atomic mass is 32.2. The lowest BCUT2D eigenvalue weighted by Gasteiger charge is -2.03. The summed E-state index contributed by atoms with van der Waals surface area (Å²) in [5.74, 6) is 0. The minimum atomic E-state index is -4.06. The van der Waals surface area contributed by atoms with E-state index in [4.69, 9.17) is 14.8 Å². The second-order valence-corrected chi connectivity index (χ2v) is 5.22. The van der Waals surface area contributed by atoms with Crippen molar-refractivity contribution < 1.29 is 23.2 Å². The third-order valence-corrected chi connectivity index (χ3v) is 3.40. The van der Waals surface area contributed by atoms with E-state index in [1.54, 1.807) is 26.0 Å². The van der Waals surface area contributed by atoms with Gasteiger partial charge in [-0.15, -0.1) is 0 Å². The Bertz CT molecular complexity index is 450. The maximum atomic E-state index is 10.8. The van der Waals surface area contributed by atoms with Crippen LogP contribution in [0.25, 0.3) is 0 Å². The van der Waals surface area contributed by atoms with E-state index in [9.17, 15) is 8.42 Å². The first-order valence-electron chi connectivity index (χ1n) is 5.60. The molecule has 0 bridgehead atoms. The fourth-order valence-electron chi connectivity index (χ4n) is 1.23. The summed E-state index contributed by atoms with van der Waals surface area (Å²) >= 11 is 0. The zero-order valence-electron chi connectivity index (χ0n) is 10.6. The third-order valence-electron chi connectivity index (χ3n) is 2.40. The Morgan fingerprint density at radius 2 is 1.56 bits per heavy atom. The molecule has 104 valence electrons. The summed E-state index contributed by atoms with van der Waals surface area (Å²) in [5, 5.41) is 16.2. The Morgan fingerprint density at radius 3 is 1.89 bits per heavy atom. The average Bonchev–Trinajstić information content (AvgIpc) is 2.29. The summed E-state index contributed by atoms with van der Waals surface area (Å²) in [4.78, 5) is -0.0116. The van der Waals surface area contributed by atoms with Crippen molar-refractivity contribution in [3.63, 3.8) is 0 Å². The van der Waals surface area contributed by atoms with Crippen molar-refractivity contribution in [1.29, 1.82) is 0 Å². The van der Waals surface area contributed by atoms with Gasteiger partial charge in [-0.25, -0.2) is 0 Å². The second-order valence-electron chi connectivity index (χ2n) is 3.83. The molecule has 3 N–H and O–H groups in total. The van der Waals surface area contributed by atoms with Crippen LogP contribution in [0.2, 0.25) is 0 Å². The number of aliphatic hydroxyl groups is 2. The summed E-state index contributed by atoms with van der Waals surface area (Å²) in [6, 6.07) is 4.78. The van der Waals surface area contributed by atoms with Gasteiger partial charge in [-0.1, -0.05) is 12.1 Å². The fourth-order valence-corrected chi connectivity index (χ4v) is 2.03. The lowest BCUT2D eigenvalue weighted by Crippen LogP contribution is -2.01. The Hall–Kier alpha value is -0.950. The molecule has 0 aliphatic rings. The molecule has 18 heavy (non-hydrogen) atoms. The van der Waals surface area contributed by atoms with Crippen molar-refractivity contribution >= 4 is 10.1 Å². The molecule has 0 saturated carbocycles. The Morgan fingerprint density at radius 1 is 1.06 bits per heavy atom. The van der Waals surface area contributed by atoms with Crippen LogP contribution in [0.3, 0.4) is 0 Å². The van der Waals surface area contributed by atoms with Gasteiger partial charge < -0.3 is 10.2 Å². The molecule has 0 fully saturated rings. The first-order valence-corrected chi connectivity index (χ1v) is 7.04. The molecule has 1 aromatic carbocycles. The number of unbranched alkanes of at least 4 members (excludes halogenated alkanes) is 1. The van der Waals surface area contributed by atoms with Gasteiger partial charge >= 0.3 is 0 Å². The van der Waals surface area contributed by atoms with Gasteiger partial charge in [0.05, 0.1) is 4.90 Å². The van der Waals surface area contributed by atoms with Crippen molar-refractivity contribution in [2.75, 3.05) is 13.2 Å². The van der Waals surface area contributed by atoms with E-state index >= 15 is 0 Å². The molecule has 0 atom stereocenters. The third kappa shape index (κ3) is 6.11. The van der Waals surface area contributed by atoms with Crippen LogP contribution < -0.4 is 0 Å². The molecular weight excluding hydrogens is 256 g/mol. The van der Waals surface area contributed by atoms with Gasteiger partial charge in [-0.05, 0) is 43.9 Å². The van der Waals surface area contributed by atoms with Crippen molar-refractivity contribution in [2.45, 2.75) is 31.6 Å².